The van der Waals surface area contributed by atoms with Gasteiger partial charge in [0, 0.05) is 6.04 Å². The molecule has 2 aromatic heterocycles. The molecular formula is C17H18ClN3O3S2. The first-order chi connectivity index (χ1) is 12.6. The minimum Gasteiger partial charge on any atom is -0.491 e. The Labute approximate surface area is 160 Å². The Bertz CT molecular complexity index is 1020. The number of hydrogen-bond donors (Lipinski definition) is 1. The van der Waals surface area contributed by atoms with Crippen LogP contribution in [0.4, 0.5) is 0 Å². The summed E-state index contributed by atoms with van der Waals surface area (Å²) in [5.41, 5.74) is 0.489. The molecule has 9 heteroatoms. The number of thiophene rings is 1. The van der Waals surface area contributed by atoms with E-state index in [1.807, 2.05) is 6.07 Å². The normalized spacial score (nSPS) is 18.3. The quantitative estimate of drug-likeness (QED) is 0.695. The molecule has 1 unspecified atom stereocenters. The van der Waals surface area contributed by atoms with E-state index < -0.39 is 10.0 Å². The number of hydrogen-bond acceptors (Lipinski definition) is 6. The highest BCUT2D eigenvalue weighted by atomic mass is 35.5. The molecule has 4 rings (SSSR count). The van der Waals surface area contributed by atoms with E-state index in [1.165, 1.54) is 25.1 Å². The van der Waals surface area contributed by atoms with Gasteiger partial charge < -0.3 is 10.1 Å². The molecule has 138 valence electrons. The lowest BCUT2D eigenvalue weighted by Crippen LogP contribution is -2.38. The lowest BCUT2D eigenvalue weighted by molar-refractivity contribution is 0.241. The average molecular weight is 412 g/mol. The lowest BCUT2D eigenvalue weighted by Gasteiger charge is -2.23. The topological polar surface area (TPSA) is 73.2 Å². The van der Waals surface area contributed by atoms with Crippen molar-refractivity contribution in [3.8, 4) is 5.75 Å². The molecule has 0 aliphatic carbocycles. The average Bonchev–Trinajstić information content (AvgIpc) is 3.28. The van der Waals surface area contributed by atoms with Gasteiger partial charge in [0.05, 0.1) is 21.4 Å². The highest BCUT2D eigenvalue weighted by Gasteiger charge is 2.23. The number of benzene rings is 1. The monoisotopic (exact) mass is 411 g/mol. The summed E-state index contributed by atoms with van der Waals surface area (Å²) in [5.74, 6) is 0.639. The van der Waals surface area contributed by atoms with Crippen molar-refractivity contribution in [2.75, 3.05) is 13.2 Å². The fourth-order valence-corrected chi connectivity index (χ4v) is 5.91. The molecule has 1 fully saturated rings. The Kier molecular flexibility index (Phi) is 4.92. The fourth-order valence-electron chi connectivity index (χ4n) is 3.10. The number of halogens is 1. The van der Waals surface area contributed by atoms with Gasteiger partial charge in [-0.05, 0) is 43.7 Å². The second kappa shape index (κ2) is 7.19. The molecule has 0 amide bonds. The molecule has 0 radical (unpaired) electrons. The standard InChI is InChI=1S/C17H18ClN3O3S2/c18-16-7-8-17(25-16)26(22,23)21-14-5-3-6-15(13(14)10-20-21)24-11-12-4-1-2-9-19-12/h3,5-8,10,12,19H,1-2,4,9,11H2. The van der Waals surface area contributed by atoms with Gasteiger partial charge in [-0.25, -0.2) is 0 Å². The lowest BCUT2D eigenvalue weighted by atomic mass is 10.1. The number of piperidine rings is 1. The molecule has 0 spiro atoms. The zero-order chi connectivity index (χ0) is 18.1. The highest BCUT2D eigenvalue weighted by molar-refractivity contribution is 7.92. The molecule has 1 aromatic carbocycles. The van der Waals surface area contributed by atoms with Gasteiger partial charge in [-0.3, -0.25) is 0 Å². The van der Waals surface area contributed by atoms with Crippen molar-refractivity contribution in [1.29, 1.82) is 0 Å². The van der Waals surface area contributed by atoms with Crippen molar-refractivity contribution < 1.29 is 13.2 Å². The largest absolute Gasteiger partial charge is 0.491 e. The van der Waals surface area contributed by atoms with Crippen LogP contribution in [0.25, 0.3) is 10.9 Å². The molecule has 1 N–H and O–H groups in total. The predicted octanol–water partition coefficient (Wildman–Crippen LogP) is 3.51. The van der Waals surface area contributed by atoms with E-state index in [1.54, 1.807) is 18.2 Å². The molecule has 1 aliphatic heterocycles. The van der Waals surface area contributed by atoms with E-state index in [2.05, 4.69) is 10.4 Å². The first kappa shape index (κ1) is 17.8. The van der Waals surface area contributed by atoms with Crippen LogP contribution in [0, 0.1) is 0 Å². The molecule has 6 nitrogen and oxygen atoms in total. The van der Waals surface area contributed by atoms with E-state index in [9.17, 15) is 8.42 Å². The van der Waals surface area contributed by atoms with Crippen LogP contribution in [0.15, 0.2) is 40.7 Å². The molecule has 1 atom stereocenters. The van der Waals surface area contributed by atoms with E-state index in [0.717, 1.165) is 28.4 Å². The molecule has 0 bridgehead atoms. The fraction of sp³-hybridized carbons (Fsp3) is 0.353. The SMILES string of the molecule is O=S(=O)(c1ccc(Cl)s1)n1ncc2c(OCC3CCCCN3)cccc21. The Morgan fingerprint density at radius 1 is 1.31 bits per heavy atom. The third-order valence-corrected chi connectivity index (χ3v) is 7.72. The van der Waals surface area contributed by atoms with E-state index in [4.69, 9.17) is 16.3 Å². The molecule has 3 aromatic rings. The first-order valence-electron chi connectivity index (χ1n) is 8.39. The summed E-state index contributed by atoms with van der Waals surface area (Å²) >= 11 is 6.90. The van der Waals surface area contributed by atoms with Crippen LogP contribution in [-0.2, 0) is 10.0 Å². The van der Waals surface area contributed by atoms with E-state index in [-0.39, 0.29) is 4.21 Å². The van der Waals surface area contributed by atoms with Gasteiger partial charge in [0.25, 0.3) is 10.0 Å². The van der Waals surface area contributed by atoms with E-state index >= 15 is 0 Å². The molecular weight excluding hydrogens is 394 g/mol. The third kappa shape index (κ3) is 3.34. The van der Waals surface area contributed by atoms with Crippen LogP contribution in [0.5, 0.6) is 5.75 Å². The molecule has 0 saturated carbocycles. The summed E-state index contributed by atoms with van der Waals surface area (Å²) < 4.78 is 33.3. The smallest absolute Gasteiger partial charge is 0.293 e. The zero-order valence-corrected chi connectivity index (χ0v) is 16.3. The molecule has 1 aliphatic rings. The number of aromatic nitrogens is 2. The highest BCUT2D eigenvalue weighted by Crippen LogP contribution is 2.31. The minimum atomic E-state index is -3.78. The maximum atomic E-state index is 12.8. The first-order valence-corrected chi connectivity index (χ1v) is 11.0. The second-order valence-corrected chi connectivity index (χ2v) is 9.91. The summed E-state index contributed by atoms with van der Waals surface area (Å²) in [6.07, 6.45) is 5.02. The van der Waals surface area contributed by atoms with Crippen molar-refractivity contribution >= 4 is 43.9 Å². The van der Waals surface area contributed by atoms with Gasteiger partial charge in [0.1, 0.15) is 16.6 Å². The van der Waals surface area contributed by atoms with Crippen molar-refractivity contribution in [1.82, 2.24) is 14.5 Å². The Hall–Kier alpha value is -1.61. The van der Waals surface area contributed by atoms with Crippen LogP contribution in [0.1, 0.15) is 19.3 Å². The van der Waals surface area contributed by atoms with Gasteiger partial charge in [-0.2, -0.15) is 17.6 Å². The number of fused-ring (bicyclic) bond motifs is 1. The molecule has 3 heterocycles. The van der Waals surface area contributed by atoms with Crippen molar-refractivity contribution in [2.24, 2.45) is 0 Å². The van der Waals surface area contributed by atoms with Crippen LogP contribution in [0.3, 0.4) is 0 Å². The van der Waals surface area contributed by atoms with Crippen molar-refractivity contribution in [3.63, 3.8) is 0 Å². The molecule has 1 saturated heterocycles. The van der Waals surface area contributed by atoms with Gasteiger partial charge >= 0.3 is 0 Å². The number of rotatable bonds is 5. The van der Waals surface area contributed by atoms with Crippen LogP contribution >= 0.6 is 22.9 Å². The maximum absolute atomic E-state index is 12.8. The summed E-state index contributed by atoms with van der Waals surface area (Å²) in [6.45, 7) is 1.56. The van der Waals surface area contributed by atoms with E-state index in [0.29, 0.717) is 33.6 Å². The summed E-state index contributed by atoms with van der Waals surface area (Å²) in [6, 6.07) is 8.72. The van der Waals surface area contributed by atoms with Gasteiger partial charge in [-0.15, -0.1) is 11.3 Å². The van der Waals surface area contributed by atoms with Gasteiger partial charge in [0.15, 0.2) is 0 Å². The number of nitrogens with one attached hydrogen (secondary N) is 1. The minimum absolute atomic E-state index is 0.158. The van der Waals surface area contributed by atoms with Crippen LogP contribution in [0.2, 0.25) is 4.34 Å². The Morgan fingerprint density at radius 3 is 2.92 bits per heavy atom. The summed E-state index contributed by atoms with van der Waals surface area (Å²) in [7, 11) is -3.78. The van der Waals surface area contributed by atoms with Gasteiger partial charge in [-0.1, -0.05) is 24.1 Å². The summed E-state index contributed by atoms with van der Waals surface area (Å²) in [5, 5.41) is 8.22. The van der Waals surface area contributed by atoms with Crippen molar-refractivity contribution in [3.05, 3.63) is 40.9 Å². The van der Waals surface area contributed by atoms with Crippen molar-refractivity contribution in [2.45, 2.75) is 29.5 Å². The zero-order valence-electron chi connectivity index (χ0n) is 13.9. The summed E-state index contributed by atoms with van der Waals surface area (Å²) in [4.78, 5) is 0. The number of nitrogens with zero attached hydrogens (tertiary/aromatic N) is 2. The van der Waals surface area contributed by atoms with Gasteiger partial charge in [0.2, 0.25) is 0 Å². The molecule has 26 heavy (non-hydrogen) atoms. The van der Waals surface area contributed by atoms with Crippen LogP contribution in [-0.4, -0.2) is 36.8 Å². The predicted molar refractivity (Wildman–Crippen MR) is 103 cm³/mol. The third-order valence-electron chi connectivity index (χ3n) is 4.42. The van der Waals surface area contributed by atoms with Crippen LogP contribution < -0.4 is 10.1 Å². The second-order valence-electron chi connectivity index (χ2n) is 6.20. The Morgan fingerprint density at radius 2 is 2.19 bits per heavy atom. The maximum Gasteiger partial charge on any atom is 0.293 e. The Balaban J connectivity index is 1.64. The number of ether oxygens (including phenoxy) is 1.